The monoisotopic (exact) mass is 332 g/mol. The van der Waals surface area contributed by atoms with E-state index in [1.54, 1.807) is 17.3 Å². The first-order valence-electron chi connectivity index (χ1n) is 8.18. The number of rotatable bonds is 5. The number of amides is 1. The maximum Gasteiger partial charge on any atom is 0.313 e. The van der Waals surface area contributed by atoms with Crippen molar-refractivity contribution in [3.8, 4) is 0 Å². The summed E-state index contributed by atoms with van der Waals surface area (Å²) >= 11 is 0. The molecule has 0 aromatic carbocycles. The van der Waals surface area contributed by atoms with Gasteiger partial charge in [0.15, 0.2) is 0 Å². The number of likely N-dealkylation sites (N-methyl/N-ethyl adjacent to an activating group) is 1. The van der Waals surface area contributed by atoms with E-state index in [1.807, 2.05) is 31.1 Å². The van der Waals surface area contributed by atoms with Crippen molar-refractivity contribution in [2.45, 2.75) is 6.54 Å². The first-order valence-corrected chi connectivity index (χ1v) is 8.18. The highest BCUT2D eigenvalue weighted by atomic mass is 16.4. The van der Waals surface area contributed by atoms with Crippen LogP contribution in [0.15, 0.2) is 24.5 Å². The first-order chi connectivity index (χ1) is 11.4. The summed E-state index contributed by atoms with van der Waals surface area (Å²) in [6.45, 7) is 3.07. The number of nitrogens with zero attached hydrogens (tertiary/aromatic N) is 4. The van der Waals surface area contributed by atoms with Crippen molar-refractivity contribution in [2.75, 3.05) is 46.8 Å². The van der Waals surface area contributed by atoms with E-state index >= 15 is 0 Å². The Balaban J connectivity index is 1.60. The smallest absolute Gasteiger partial charge is 0.313 e. The molecule has 3 heterocycles. The molecule has 0 spiro atoms. The number of carboxylic acids is 1. The quantitative estimate of drug-likeness (QED) is 0.817. The molecule has 2 saturated heterocycles. The number of fused-ring (bicyclic) bond motifs is 1. The van der Waals surface area contributed by atoms with Crippen LogP contribution in [0.5, 0.6) is 0 Å². The fourth-order valence-electron chi connectivity index (χ4n) is 4.00. The zero-order valence-corrected chi connectivity index (χ0v) is 14.2. The third-order valence-electron chi connectivity index (χ3n) is 5.17. The maximum absolute atomic E-state index is 12.6. The molecule has 1 aromatic rings. The summed E-state index contributed by atoms with van der Waals surface area (Å²) in [7, 11) is 3.84. The Hall–Kier alpha value is -1.99. The molecule has 2 fully saturated rings. The molecule has 0 unspecified atom stereocenters. The molecule has 0 bridgehead atoms. The van der Waals surface area contributed by atoms with Gasteiger partial charge >= 0.3 is 5.97 Å². The van der Waals surface area contributed by atoms with Crippen molar-refractivity contribution in [1.29, 1.82) is 0 Å². The van der Waals surface area contributed by atoms with Crippen LogP contribution in [0, 0.1) is 11.3 Å². The molecule has 130 valence electrons. The van der Waals surface area contributed by atoms with Crippen LogP contribution in [-0.2, 0) is 16.1 Å². The van der Waals surface area contributed by atoms with Crippen molar-refractivity contribution >= 4 is 11.9 Å². The van der Waals surface area contributed by atoms with Crippen molar-refractivity contribution in [3.05, 3.63) is 30.1 Å². The molecule has 2 aliphatic heterocycles. The number of aromatic nitrogens is 1. The largest absolute Gasteiger partial charge is 0.481 e. The molecular weight excluding hydrogens is 308 g/mol. The van der Waals surface area contributed by atoms with Gasteiger partial charge in [-0.2, -0.15) is 0 Å². The van der Waals surface area contributed by atoms with Crippen LogP contribution in [0.25, 0.3) is 0 Å². The van der Waals surface area contributed by atoms with Crippen LogP contribution in [-0.4, -0.2) is 83.5 Å². The molecule has 1 amide bonds. The van der Waals surface area contributed by atoms with E-state index in [2.05, 4.69) is 9.88 Å². The fourth-order valence-corrected chi connectivity index (χ4v) is 4.00. The van der Waals surface area contributed by atoms with E-state index in [9.17, 15) is 14.7 Å². The number of aliphatic carboxylic acids is 1. The summed E-state index contributed by atoms with van der Waals surface area (Å²) in [5.74, 6) is -0.754. The molecule has 3 rings (SSSR count). The zero-order chi connectivity index (χ0) is 17.3. The number of likely N-dealkylation sites (tertiary alicyclic amines) is 2. The third kappa shape index (κ3) is 3.14. The van der Waals surface area contributed by atoms with Crippen molar-refractivity contribution < 1.29 is 14.7 Å². The highest BCUT2D eigenvalue weighted by molar-refractivity contribution is 5.82. The standard InChI is InChI=1S/C17H24N4O3/c1-19(7-13-3-5-18-6-4-13)10-15(22)21-9-14-8-20(2)11-17(14,12-21)16(23)24/h3-6,14H,7-12H2,1-2H3,(H,23,24)/t14-,17-/m0/s1. The van der Waals surface area contributed by atoms with E-state index in [4.69, 9.17) is 0 Å². The highest BCUT2D eigenvalue weighted by Crippen LogP contribution is 2.42. The molecule has 0 radical (unpaired) electrons. The molecular formula is C17H24N4O3. The van der Waals surface area contributed by atoms with E-state index in [-0.39, 0.29) is 11.8 Å². The molecule has 7 heteroatoms. The van der Waals surface area contributed by atoms with Gasteiger partial charge in [0.25, 0.3) is 0 Å². The SMILES string of the molecule is CN(CC(=O)N1C[C@@H]2CN(C)C[C@]2(C(=O)O)C1)Cc1ccncc1. The van der Waals surface area contributed by atoms with Crippen molar-refractivity contribution in [3.63, 3.8) is 0 Å². The molecule has 1 N–H and O–H groups in total. The number of hydrogen-bond donors (Lipinski definition) is 1. The average molecular weight is 332 g/mol. The van der Waals surface area contributed by atoms with Crippen LogP contribution in [0.1, 0.15) is 5.56 Å². The topological polar surface area (TPSA) is 77.0 Å². The van der Waals surface area contributed by atoms with Gasteiger partial charge in [-0.3, -0.25) is 19.5 Å². The van der Waals surface area contributed by atoms with Crippen molar-refractivity contribution in [2.24, 2.45) is 11.3 Å². The minimum Gasteiger partial charge on any atom is -0.481 e. The predicted octanol–water partition coefficient (Wildman–Crippen LogP) is -0.0118. The highest BCUT2D eigenvalue weighted by Gasteiger charge is 2.57. The van der Waals surface area contributed by atoms with E-state index in [1.165, 1.54) is 0 Å². The van der Waals surface area contributed by atoms with Gasteiger partial charge in [-0.25, -0.2) is 0 Å². The number of pyridine rings is 1. The summed E-state index contributed by atoms with van der Waals surface area (Å²) in [6.07, 6.45) is 3.47. The average Bonchev–Trinajstić information content (AvgIpc) is 3.02. The molecule has 0 saturated carbocycles. The molecule has 24 heavy (non-hydrogen) atoms. The zero-order valence-electron chi connectivity index (χ0n) is 14.2. The molecule has 2 atom stereocenters. The van der Waals surface area contributed by atoms with Crippen LogP contribution in [0.3, 0.4) is 0 Å². The summed E-state index contributed by atoms with van der Waals surface area (Å²) in [5.41, 5.74) is 0.302. The normalized spacial score (nSPS) is 26.8. The minimum absolute atomic E-state index is 0.00392. The second kappa shape index (κ2) is 6.49. The summed E-state index contributed by atoms with van der Waals surface area (Å²) in [5, 5.41) is 9.69. The minimum atomic E-state index is -0.798. The Kier molecular flexibility index (Phi) is 4.56. The third-order valence-corrected chi connectivity index (χ3v) is 5.17. The lowest BCUT2D eigenvalue weighted by molar-refractivity contribution is -0.149. The van der Waals surface area contributed by atoms with Gasteiger partial charge in [0.1, 0.15) is 5.41 Å². The molecule has 1 aromatic heterocycles. The predicted molar refractivity (Wildman–Crippen MR) is 88.2 cm³/mol. The number of carbonyl (C=O) groups excluding carboxylic acids is 1. The second-order valence-electron chi connectivity index (χ2n) is 7.16. The van der Waals surface area contributed by atoms with Crippen LogP contribution < -0.4 is 0 Å². The van der Waals surface area contributed by atoms with Crippen LogP contribution >= 0.6 is 0 Å². The molecule has 7 nitrogen and oxygen atoms in total. The van der Waals surface area contributed by atoms with Gasteiger partial charge in [0, 0.05) is 51.0 Å². The van der Waals surface area contributed by atoms with Crippen LogP contribution in [0.2, 0.25) is 0 Å². The van der Waals surface area contributed by atoms with Gasteiger partial charge in [-0.1, -0.05) is 0 Å². The van der Waals surface area contributed by atoms with E-state index in [0.29, 0.717) is 32.7 Å². The number of carbonyl (C=O) groups is 2. The Bertz CT molecular complexity index is 624. The number of carboxylic acid groups (broad SMARTS) is 1. The maximum atomic E-state index is 12.6. The lowest BCUT2D eigenvalue weighted by atomic mass is 9.81. The van der Waals surface area contributed by atoms with Crippen LogP contribution in [0.4, 0.5) is 0 Å². The van der Waals surface area contributed by atoms with Gasteiger partial charge in [-0.05, 0) is 31.8 Å². The Morgan fingerprint density at radius 2 is 2.04 bits per heavy atom. The summed E-state index contributed by atoms with van der Waals surface area (Å²) in [6, 6.07) is 3.85. The lowest BCUT2D eigenvalue weighted by Crippen LogP contribution is -2.43. The Labute approximate surface area is 141 Å². The summed E-state index contributed by atoms with van der Waals surface area (Å²) in [4.78, 5) is 34.1. The van der Waals surface area contributed by atoms with Gasteiger partial charge < -0.3 is 14.9 Å². The molecule has 0 aliphatic carbocycles. The lowest BCUT2D eigenvalue weighted by Gasteiger charge is -2.25. The summed E-state index contributed by atoms with van der Waals surface area (Å²) < 4.78 is 0. The molecule has 2 aliphatic rings. The number of hydrogen-bond acceptors (Lipinski definition) is 5. The van der Waals surface area contributed by atoms with Gasteiger partial charge in [0.05, 0.1) is 6.54 Å². The van der Waals surface area contributed by atoms with Crippen molar-refractivity contribution in [1.82, 2.24) is 19.7 Å². The van der Waals surface area contributed by atoms with Gasteiger partial charge in [0.2, 0.25) is 5.91 Å². The fraction of sp³-hybridized carbons (Fsp3) is 0.588. The van der Waals surface area contributed by atoms with E-state index < -0.39 is 11.4 Å². The Morgan fingerprint density at radius 1 is 1.33 bits per heavy atom. The van der Waals surface area contributed by atoms with Gasteiger partial charge in [-0.15, -0.1) is 0 Å². The first kappa shape index (κ1) is 16.9. The Morgan fingerprint density at radius 3 is 2.67 bits per heavy atom. The van der Waals surface area contributed by atoms with E-state index in [0.717, 1.165) is 12.1 Å². The second-order valence-corrected chi connectivity index (χ2v) is 7.16.